The standard InChI is InChI=1S/C10H20N2OS/c1-3-7(2)9(11)10(13)12-8-4-5-14-6-8/h7-9H,3-6,11H2,1-2H3,(H,12,13)/t7-,8?,9-/m0/s1. The zero-order valence-corrected chi connectivity index (χ0v) is 9.77. The number of hydrogen-bond donors (Lipinski definition) is 2. The number of thioether (sulfide) groups is 1. The van der Waals surface area contributed by atoms with Crippen molar-refractivity contribution in [3.63, 3.8) is 0 Å². The van der Waals surface area contributed by atoms with E-state index in [4.69, 9.17) is 5.73 Å². The van der Waals surface area contributed by atoms with Crippen LogP contribution in [0.2, 0.25) is 0 Å². The molecule has 3 atom stereocenters. The predicted molar refractivity (Wildman–Crippen MR) is 61.3 cm³/mol. The van der Waals surface area contributed by atoms with Crippen LogP contribution < -0.4 is 11.1 Å². The van der Waals surface area contributed by atoms with Crippen molar-refractivity contribution in [2.24, 2.45) is 11.7 Å². The molecular formula is C10H20N2OS. The van der Waals surface area contributed by atoms with E-state index in [0.29, 0.717) is 6.04 Å². The Hall–Kier alpha value is -0.220. The summed E-state index contributed by atoms with van der Waals surface area (Å²) < 4.78 is 0. The summed E-state index contributed by atoms with van der Waals surface area (Å²) in [5.41, 5.74) is 5.83. The Labute approximate surface area is 90.2 Å². The Kier molecular flexibility index (Phi) is 4.75. The molecule has 4 heteroatoms. The van der Waals surface area contributed by atoms with Gasteiger partial charge in [-0.1, -0.05) is 20.3 Å². The van der Waals surface area contributed by atoms with Gasteiger partial charge in [0, 0.05) is 11.8 Å². The van der Waals surface area contributed by atoms with Crippen LogP contribution in [-0.4, -0.2) is 29.5 Å². The first-order valence-electron chi connectivity index (χ1n) is 5.28. The highest BCUT2D eigenvalue weighted by Gasteiger charge is 2.23. The zero-order chi connectivity index (χ0) is 10.6. The van der Waals surface area contributed by atoms with Crippen LogP contribution in [-0.2, 0) is 4.79 Å². The van der Waals surface area contributed by atoms with Gasteiger partial charge in [0.2, 0.25) is 5.91 Å². The number of carbonyl (C=O) groups is 1. The third-order valence-corrected chi connectivity index (χ3v) is 4.00. The van der Waals surface area contributed by atoms with Crippen LogP contribution in [0.25, 0.3) is 0 Å². The minimum atomic E-state index is -0.342. The molecule has 82 valence electrons. The van der Waals surface area contributed by atoms with E-state index in [1.54, 1.807) is 0 Å². The quantitative estimate of drug-likeness (QED) is 0.736. The Balaban J connectivity index is 2.32. The zero-order valence-electron chi connectivity index (χ0n) is 8.95. The smallest absolute Gasteiger partial charge is 0.237 e. The maximum Gasteiger partial charge on any atom is 0.237 e. The van der Waals surface area contributed by atoms with Gasteiger partial charge in [-0.15, -0.1) is 0 Å². The van der Waals surface area contributed by atoms with E-state index >= 15 is 0 Å². The Morgan fingerprint density at radius 1 is 1.71 bits per heavy atom. The van der Waals surface area contributed by atoms with Crippen LogP contribution in [0.15, 0.2) is 0 Å². The lowest BCUT2D eigenvalue weighted by atomic mass is 9.99. The molecule has 1 amide bonds. The summed E-state index contributed by atoms with van der Waals surface area (Å²) in [6.07, 6.45) is 2.04. The molecule has 0 bridgehead atoms. The van der Waals surface area contributed by atoms with Crippen LogP contribution in [0.1, 0.15) is 26.7 Å². The summed E-state index contributed by atoms with van der Waals surface area (Å²) in [5, 5.41) is 3.01. The lowest BCUT2D eigenvalue weighted by Gasteiger charge is -2.20. The minimum absolute atomic E-state index is 0.0202. The van der Waals surface area contributed by atoms with Gasteiger partial charge in [-0.05, 0) is 18.1 Å². The molecule has 1 unspecified atom stereocenters. The molecule has 0 saturated carbocycles. The van der Waals surface area contributed by atoms with E-state index in [1.807, 2.05) is 18.7 Å². The highest BCUT2D eigenvalue weighted by Crippen LogP contribution is 2.17. The summed E-state index contributed by atoms with van der Waals surface area (Å²) in [7, 11) is 0. The molecule has 0 aromatic carbocycles. The van der Waals surface area contributed by atoms with Gasteiger partial charge in [-0.2, -0.15) is 11.8 Å². The first kappa shape index (κ1) is 11.9. The number of rotatable bonds is 4. The molecule has 0 aromatic rings. The van der Waals surface area contributed by atoms with Crippen LogP contribution in [0.5, 0.6) is 0 Å². The molecule has 0 radical (unpaired) electrons. The van der Waals surface area contributed by atoms with Gasteiger partial charge < -0.3 is 11.1 Å². The molecule has 1 aliphatic heterocycles. The van der Waals surface area contributed by atoms with Crippen LogP contribution >= 0.6 is 11.8 Å². The van der Waals surface area contributed by atoms with Gasteiger partial charge in [0.05, 0.1) is 6.04 Å². The number of hydrogen-bond acceptors (Lipinski definition) is 3. The monoisotopic (exact) mass is 216 g/mol. The number of amides is 1. The van der Waals surface area contributed by atoms with Crippen LogP contribution in [0.3, 0.4) is 0 Å². The molecule has 1 rings (SSSR count). The SMILES string of the molecule is CC[C@H](C)[C@H](N)C(=O)NC1CCSC1. The average Bonchev–Trinajstić information content (AvgIpc) is 2.68. The van der Waals surface area contributed by atoms with Gasteiger partial charge in [-0.3, -0.25) is 4.79 Å². The molecule has 1 heterocycles. The van der Waals surface area contributed by atoms with Crippen molar-refractivity contribution in [3.8, 4) is 0 Å². The summed E-state index contributed by atoms with van der Waals surface area (Å²) >= 11 is 1.89. The van der Waals surface area contributed by atoms with Gasteiger partial charge >= 0.3 is 0 Å². The first-order valence-corrected chi connectivity index (χ1v) is 6.44. The van der Waals surface area contributed by atoms with E-state index in [1.165, 1.54) is 0 Å². The molecule has 1 saturated heterocycles. The fourth-order valence-corrected chi connectivity index (χ4v) is 2.61. The molecule has 1 fully saturated rings. The second-order valence-electron chi connectivity index (χ2n) is 3.98. The van der Waals surface area contributed by atoms with Crippen molar-refractivity contribution >= 4 is 17.7 Å². The second-order valence-corrected chi connectivity index (χ2v) is 5.13. The van der Waals surface area contributed by atoms with Gasteiger partial charge in [0.1, 0.15) is 0 Å². The molecule has 3 nitrogen and oxygen atoms in total. The molecule has 0 aromatic heterocycles. The second kappa shape index (κ2) is 5.61. The molecule has 3 N–H and O–H groups in total. The van der Waals surface area contributed by atoms with Crippen LogP contribution in [0.4, 0.5) is 0 Å². The first-order chi connectivity index (χ1) is 6.65. The van der Waals surface area contributed by atoms with Gasteiger partial charge in [0.15, 0.2) is 0 Å². The van der Waals surface area contributed by atoms with Crippen LogP contribution in [0, 0.1) is 5.92 Å². The lowest BCUT2D eigenvalue weighted by Crippen LogP contribution is -2.48. The topological polar surface area (TPSA) is 55.1 Å². The Morgan fingerprint density at radius 2 is 2.43 bits per heavy atom. The van der Waals surface area contributed by atoms with E-state index in [2.05, 4.69) is 12.2 Å². The highest BCUT2D eigenvalue weighted by molar-refractivity contribution is 7.99. The summed E-state index contributed by atoms with van der Waals surface area (Å²) in [6.45, 7) is 4.08. The fourth-order valence-electron chi connectivity index (χ4n) is 1.46. The van der Waals surface area contributed by atoms with E-state index in [0.717, 1.165) is 24.3 Å². The minimum Gasteiger partial charge on any atom is -0.351 e. The molecule has 1 aliphatic rings. The normalized spacial score (nSPS) is 25.8. The maximum absolute atomic E-state index is 11.7. The Bertz CT molecular complexity index is 193. The highest BCUT2D eigenvalue weighted by atomic mass is 32.2. The van der Waals surface area contributed by atoms with E-state index in [9.17, 15) is 4.79 Å². The summed E-state index contributed by atoms with van der Waals surface area (Å²) in [6, 6.07) is 0.00760. The van der Waals surface area contributed by atoms with Gasteiger partial charge in [-0.25, -0.2) is 0 Å². The Morgan fingerprint density at radius 3 is 2.93 bits per heavy atom. The molecular weight excluding hydrogens is 196 g/mol. The maximum atomic E-state index is 11.7. The van der Waals surface area contributed by atoms with Crippen molar-refractivity contribution in [3.05, 3.63) is 0 Å². The van der Waals surface area contributed by atoms with Crippen molar-refractivity contribution < 1.29 is 4.79 Å². The summed E-state index contributed by atoms with van der Waals surface area (Å²) in [5.74, 6) is 2.48. The fraction of sp³-hybridized carbons (Fsp3) is 0.900. The number of nitrogens with two attached hydrogens (primary N) is 1. The average molecular weight is 216 g/mol. The van der Waals surface area contributed by atoms with Crippen molar-refractivity contribution in [1.29, 1.82) is 0 Å². The van der Waals surface area contributed by atoms with Crippen molar-refractivity contribution in [1.82, 2.24) is 5.32 Å². The van der Waals surface area contributed by atoms with Crippen molar-refractivity contribution in [2.75, 3.05) is 11.5 Å². The summed E-state index contributed by atoms with van der Waals surface area (Å²) in [4.78, 5) is 11.7. The van der Waals surface area contributed by atoms with E-state index in [-0.39, 0.29) is 17.9 Å². The molecule has 14 heavy (non-hydrogen) atoms. The third kappa shape index (κ3) is 3.17. The van der Waals surface area contributed by atoms with Crippen molar-refractivity contribution in [2.45, 2.75) is 38.8 Å². The largest absolute Gasteiger partial charge is 0.351 e. The molecule has 0 spiro atoms. The predicted octanol–water partition coefficient (Wildman–Crippen LogP) is 0.982. The lowest BCUT2D eigenvalue weighted by molar-refractivity contribution is -0.123. The van der Waals surface area contributed by atoms with E-state index < -0.39 is 0 Å². The number of nitrogens with one attached hydrogen (secondary N) is 1. The van der Waals surface area contributed by atoms with Gasteiger partial charge in [0.25, 0.3) is 0 Å². The third-order valence-electron chi connectivity index (χ3n) is 2.84. The molecule has 0 aliphatic carbocycles. The number of carbonyl (C=O) groups excluding carboxylic acids is 1.